The summed E-state index contributed by atoms with van der Waals surface area (Å²) >= 11 is 0. The molecule has 10 nitrogen and oxygen atoms in total. The quantitative estimate of drug-likeness (QED) is 0.196. The Hall–Kier alpha value is -2.60. The molecule has 0 aliphatic heterocycles. The van der Waals surface area contributed by atoms with Crippen molar-refractivity contribution in [2.75, 3.05) is 101 Å². The summed E-state index contributed by atoms with van der Waals surface area (Å²) in [4.78, 5) is 0. The van der Waals surface area contributed by atoms with Gasteiger partial charge in [-0.2, -0.15) is 0 Å². The zero-order valence-electron chi connectivity index (χ0n) is 23.5. The van der Waals surface area contributed by atoms with Gasteiger partial charge in [0.15, 0.2) is 11.5 Å². The molecule has 0 saturated heterocycles. The highest BCUT2D eigenvalue weighted by Gasteiger charge is 2.14. The van der Waals surface area contributed by atoms with E-state index in [4.69, 9.17) is 47.7 Å². The second-order valence-electron chi connectivity index (χ2n) is 8.31. The zero-order chi connectivity index (χ0) is 28.0. The predicted molar refractivity (Wildman–Crippen MR) is 147 cm³/mol. The van der Waals surface area contributed by atoms with Crippen molar-refractivity contribution in [3.05, 3.63) is 47.5 Å². The van der Waals surface area contributed by atoms with Gasteiger partial charge in [-0.3, -0.25) is 0 Å². The van der Waals surface area contributed by atoms with Crippen molar-refractivity contribution in [2.45, 2.75) is 12.8 Å². The molecule has 0 amide bonds. The van der Waals surface area contributed by atoms with E-state index >= 15 is 0 Å². The van der Waals surface area contributed by atoms with Gasteiger partial charge in [0, 0.05) is 0 Å². The van der Waals surface area contributed by atoms with Crippen LogP contribution in [0.3, 0.4) is 0 Å². The van der Waals surface area contributed by atoms with Crippen LogP contribution in [-0.2, 0) is 36.5 Å². The average molecular weight is 553 g/mol. The highest BCUT2D eigenvalue weighted by molar-refractivity contribution is 5.54. The van der Waals surface area contributed by atoms with Crippen LogP contribution in [0.25, 0.3) is 0 Å². The minimum atomic E-state index is 0.0221. The Bertz CT molecular complexity index is 892. The van der Waals surface area contributed by atoms with Gasteiger partial charge in [0.1, 0.15) is 12.4 Å². The van der Waals surface area contributed by atoms with Crippen LogP contribution in [0.4, 0.5) is 0 Å². The molecule has 0 saturated carbocycles. The minimum Gasteiger partial charge on any atom is -0.497 e. The number of hydrogen-bond acceptors (Lipinski definition) is 10. The molecular formula is C29H44O10. The van der Waals surface area contributed by atoms with Crippen LogP contribution < -0.4 is 18.9 Å². The van der Waals surface area contributed by atoms with Gasteiger partial charge < -0.3 is 47.7 Å². The van der Waals surface area contributed by atoms with Crippen LogP contribution in [0.5, 0.6) is 23.0 Å². The Kier molecular flexibility index (Phi) is 17.8. The van der Waals surface area contributed by atoms with Crippen molar-refractivity contribution >= 4 is 0 Å². The van der Waals surface area contributed by atoms with Crippen LogP contribution >= 0.6 is 0 Å². The fourth-order valence-corrected chi connectivity index (χ4v) is 3.61. The van der Waals surface area contributed by atoms with E-state index in [9.17, 15) is 0 Å². The van der Waals surface area contributed by atoms with Crippen LogP contribution in [0, 0.1) is 0 Å². The fourth-order valence-electron chi connectivity index (χ4n) is 3.61. The molecule has 1 N–H and O–H groups in total. The minimum absolute atomic E-state index is 0.0221. The molecule has 0 heterocycles. The van der Waals surface area contributed by atoms with Crippen LogP contribution in [0.2, 0.25) is 0 Å². The number of aryl methyl sites for hydroxylation is 2. The molecule has 10 heteroatoms. The molecule has 2 aromatic carbocycles. The first-order valence-corrected chi connectivity index (χ1v) is 13.2. The normalized spacial score (nSPS) is 11.0. The molecule has 2 rings (SSSR count). The van der Waals surface area contributed by atoms with E-state index in [1.165, 1.54) is 5.56 Å². The van der Waals surface area contributed by atoms with Crippen molar-refractivity contribution in [3.63, 3.8) is 0 Å². The topological polar surface area (TPSA) is 103 Å². The van der Waals surface area contributed by atoms with Gasteiger partial charge in [-0.15, -0.1) is 0 Å². The molecule has 0 spiro atoms. The molecule has 220 valence electrons. The van der Waals surface area contributed by atoms with Crippen LogP contribution in [0.15, 0.2) is 36.4 Å². The Morgan fingerprint density at radius 3 is 1.62 bits per heavy atom. The lowest BCUT2D eigenvalue weighted by atomic mass is 10.0. The zero-order valence-corrected chi connectivity index (χ0v) is 23.5. The lowest BCUT2D eigenvalue weighted by Crippen LogP contribution is -2.14. The molecule has 0 aliphatic carbocycles. The third-order valence-electron chi connectivity index (χ3n) is 5.55. The summed E-state index contributed by atoms with van der Waals surface area (Å²) in [6.45, 7) is 4.98. The van der Waals surface area contributed by atoms with Crippen molar-refractivity contribution in [1.82, 2.24) is 0 Å². The largest absolute Gasteiger partial charge is 0.497 e. The monoisotopic (exact) mass is 552 g/mol. The van der Waals surface area contributed by atoms with E-state index in [0.29, 0.717) is 89.9 Å². The summed E-state index contributed by atoms with van der Waals surface area (Å²) in [5.41, 5.74) is 2.28. The first-order chi connectivity index (χ1) is 19.2. The molecule has 0 bridgehead atoms. The van der Waals surface area contributed by atoms with Gasteiger partial charge in [-0.1, -0.05) is 12.1 Å². The molecule has 0 atom stereocenters. The van der Waals surface area contributed by atoms with Gasteiger partial charge in [0.05, 0.1) is 94.0 Å². The molecule has 0 radical (unpaired) electrons. The number of rotatable bonds is 24. The number of benzene rings is 2. The third-order valence-corrected chi connectivity index (χ3v) is 5.55. The predicted octanol–water partition coefficient (Wildman–Crippen LogP) is 2.95. The summed E-state index contributed by atoms with van der Waals surface area (Å²) in [6, 6.07) is 12.0. The average Bonchev–Trinajstić information content (AvgIpc) is 2.97. The number of hydrogen-bond donors (Lipinski definition) is 1. The molecule has 0 aromatic heterocycles. The fraction of sp³-hybridized carbons (Fsp3) is 0.586. The van der Waals surface area contributed by atoms with Crippen molar-refractivity contribution in [1.29, 1.82) is 0 Å². The first kappa shape index (κ1) is 32.6. The lowest BCUT2D eigenvalue weighted by Gasteiger charge is -2.16. The van der Waals surface area contributed by atoms with Crippen LogP contribution in [-0.4, -0.2) is 106 Å². The molecule has 0 unspecified atom stereocenters. The van der Waals surface area contributed by atoms with Gasteiger partial charge >= 0.3 is 0 Å². The second-order valence-corrected chi connectivity index (χ2v) is 8.31. The Morgan fingerprint density at radius 1 is 0.538 bits per heavy atom. The number of methoxy groups -OCH3 is 3. The van der Waals surface area contributed by atoms with E-state index in [-0.39, 0.29) is 6.61 Å². The van der Waals surface area contributed by atoms with Crippen molar-refractivity contribution < 1.29 is 47.7 Å². The Balaban J connectivity index is 1.60. The third kappa shape index (κ3) is 13.8. The first-order valence-electron chi connectivity index (χ1n) is 13.2. The van der Waals surface area contributed by atoms with Gasteiger partial charge in [-0.25, -0.2) is 0 Å². The van der Waals surface area contributed by atoms with Crippen molar-refractivity contribution in [2.24, 2.45) is 0 Å². The smallest absolute Gasteiger partial charge is 0.203 e. The maximum absolute atomic E-state index is 8.60. The molecule has 39 heavy (non-hydrogen) atoms. The summed E-state index contributed by atoms with van der Waals surface area (Å²) in [5.74, 6) is 2.66. The summed E-state index contributed by atoms with van der Waals surface area (Å²) in [7, 11) is 4.89. The van der Waals surface area contributed by atoms with E-state index in [0.717, 1.165) is 24.2 Å². The SMILES string of the molecule is COc1cccc(CCc2cc(OC)c(OC)c(OCCOCCOCCOCCOCCOCCO)c2)c1. The maximum atomic E-state index is 8.60. The van der Waals surface area contributed by atoms with E-state index < -0.39 is 0 Å². The van der Waals surface area contributed by atoms with E-state index in [2.05, 4.69) is 6.07 Å². The standard InChI is InChI=1S/C29H44O10/c1-31-26-6-4-5-24(21-26)7-8-25-22-27(32-2)29(33-3)28(23-25)39-20-19-38-18-17-37-16-15-36-14-13-35-12-11-34-10-9-30/h4-6,21-23,30H,7-20H2,1-3H3. The van der Waals surface area contributed by atoms with Gasteiger partial charge in [-0.05, 0) is 48.2 Å². The molecule has 2 aromatic rings. The Morgan fingerprint density at radius 2 is 1.08 bits per heavy atom. The highest BCUT2D eigenvalue weighted by atomic mass is 16.6. The van der Waals surface area contributed by atoms with E-state index in [1.54, 1.807) is 21.3 Å². The van der Waals surface area contributed by atoms with Gasteiger partial charge in [0.25, 0.3) is 0 Å². The molecule has 0 fully saturated rings. The van der Waals surface area contributed by atoms with Crippen LogP contribution in [0.1, 0.15) is 11.1 Å². The summed E-state index contributed by atoms with van der Waals surface area (Å²) in [6.07, 6.45) is 1.67. The Labute approximate surface area is 232 Å². The maximum Gasteiger partial charge on any atom is 0.203 e. The number of aliphatic hydroxyl groups excluding tert-OH is 1. The summed E-state index contributed by atoms with van der Waals surface area (Å²) < 4.78 is 49.4. The highest BCUT2D eigenvalue weighted by Crippen LogP contribution is 2.38. The molecule has 0 aliphatic rings. The number of ether oxygens (including phenoxy) is 9. The second kappa shape index (κ2) is 21.2. The van der Waals surface area contributed by atoms with Gasteiger partial charge in [0.2, 0.25) is 5.75 Å². The number of aliphatic hydroxyl groups is 1. The van der Waals surface area contributed by atoms with Crippen molar-refractivity contribution in [3.8, 4) is 23.0 Å². The summed E-state index contributed by atoms with van der Waals surface area (Å²) in [5, 5.41) is 8.60. The molecular weight excluding hydrogens is 508 g/mol. The lowest BCUT2D eigenvalue weighted by molar-refractivity contribution is -0.0147. The van der Waals surface area contributed by atoms with E-state index in [1.807, 2.05) is 30.3 Å².